The highest BCUT2D eigenvalue weighted by molar-refractivity contribution is 5.69. The van der Waals surface area contributed by atoms with Crippen LogP contribution < -0.4 is 0 Å². The van der Waals surface area contributed by atoms with Crippen molar-refractivity contribution in [3.05, 3.63) is 0 Å². The number of carbonyl (C=O) groups is 1. The zero-order valence-electron chi connectivity index (χ0n) is 14.9. The Morgan fingerprint density at radius 2 is 1.50 bits per heavy atom. The second-order valence-corrected chi connectivity index (χ2v) is 6.15. The Morgan fingerprint density at radius 3 is 2.18 bits per heavy atom. The van der Waals surface area contributed by atoms with Gasteiger partial charge in [0.2, 0.25) is 0 Å². The summed E-state index contributed by atoms with van der Waals surface area (Å²) in [5.74, 6) is 0.575. The van der Waals surface area contributed by atoms with E-state index in [1.807, 2.05) is 0 Å². The van der Waals surface area contributed by atoms with E-state index in [1.54, 1.807) is 0 Å². The van der Waals surface area contributed by atoms with Crippen molar-refractivity contribution in [2.75, 3.05) is 33.0 Å². The van der Waals surface area contributed by atoms with Crippen molar-refractivity contribution in [3.63, 3.8) is 0 Å². The molecule has 0 aliphatic heterocycles. The van der Waals surface area contributed by atoms with Crippen LogP contribution in [-0.2, 0) is 19.0 Å². The summed E-state index contributed by atoms with van der Waals surface area (Å²) in [5.41, 5.74) is 0. The molecule has 0 fully saturated rings. The Hall–Kier alpha value is -0.610. The largest absolute Gasteiger partial charge is 0.466 e. The fourth-order valence-electron chi connectivity index (χ4n) is 1.92. The van der Waals surface area contributed by atoms with Crippen molar-refractivity contribution in [2.45, 2.75) is 72.1 Å². The summed E-state index contributed by atoms with van der Waals surface area (Å²) in [4.78, 5) is 11.5. The SMILES string of the molecule is CCCCCCCOC(=O)CCCOCCOCCC(C)C. The van der Waals surface area contributed by atoms with Gasteiger partial charge in [-0.1, -0.05) is 46.5 Å². The van der Waals surface area contributed by atoms with E-state index in [1.165, 1.54) is 19.3 Å². The van der Waals surface area contributed by atoms with Crippen LogP contribution in [0.2, 0.25) is 0 Å². The summed E-state index contributed by atoms with van der Waals surface area (Å²) in [7, 11) is 0. The van der Waals surface area contributed by atoms with Crippen LogP contribution in [0.15, 0.2) is 0 Å². The number of rotatable bonds is 16. The van der Waals surface area contributed by atoms with Crippen LogP contribution in [-0.4, -0.2) is 39.0 Å². The molecule has 0 bridgehead atoms. The predicted molar refractivity (Wildman–Crippen MR) is 90.0 cm³/mol. The minimum Gasteiger partial charge on any atom is -0.466 e. The van der Waals surface area contributed by atoms with Gasteiger partial charge in [-0.25, -0.2) is 0 Å². The lowest BCUT2D eigenvalue weighted by molar-refractivity contribution is -0.144. The molecule has 0 aliphatic carbocycles. The summed E-state index contributed by atoms with van der Waals surface area (Å²) in [6.07, 6.45) is 8.14. The lowest BCUT2D eigenvalue weighted by atomic mass is 10.1. The highest BCUT2D eigenvalue weighted by atomic mass is 16.5. The van der Waals surface area contributed by atoms with E-state index in [2.05, 4.69) is 20.8 Å². The summed E-state index contributed by atoms with van der Waals surface area (Å²) >= 11 is 0. The summed E-state index contributed by atoms with van der Waals surface area (Å²) in [6, 6.07) is 0. The summed E-state index contributed by atoms with van der Waals surface area (Å²) in [6.45, 7) is 9.76. The van der Waals surface area contributed by atoms with Crippen molar-refractivity contribution >= 4 is 5.97 Å². The normalized spacial score (nSPS) is 11.1. The van der Waals surface area contributed by atoms with E-state index < -0.39 is 0 Å². The van der Waals surface area contributed by atoms with Gasteiger partial charge in [-0.15, -0.1) is 0 Å². The molecule has 0 aliphatic rings. The number of unbranched alkanes of at least 4 members (excludes halogenated alkanes) is 4. The highest BCUT2D eigenvalue weighted by Crippen LogP contribution is 2.03. The maximum Gasteiger partial charge on any atom is 0.305 e. The minimum absolute atomic E-state index is 0.104. The average molecular weight is 316 g/mol. The molecule has 0 amide bonds. The zero-order chi connectivity index (χ0) is 16.5. The van der Waals surface area contributed by atoms with Gasteiger partial charge < -0.3 is 14.2 Å². The topological polar surface area (TPSA) is 44.8 Å². The molecule has 0 atom stereocenters. The third kappa shape index (κ3) is 17.4. The molecule has 0 radical (unpaired) electrons. The molecular weight excluding hydrogens is 280 g/mol. The molecule has 0 rings (SSSR count). The Bertz CT molecular complexity index is 241. The van der Waals surface area contributed by atoms with Crippen LogP contribution >= 0.6 is 0 Å². The molecule has 0 saturated heterocycles. The Balaban J connectivity index is 3.15. The number of hydrogen-bond acceptors (Lipinski definition) is 4. The quantitative estimate of drug-likeness (QED) is 0.313. The molecule has 0 aromatic carbocycles. The first-order valence-electron chi connectivity index (χ1n) is 8.98. The second kappa shape index (κ2) is 16.8. The van der Waals surface area contributed by atoms with Crippen LogP contribution in [0.5, 0.6) is 0 Å². The number of hydrogen-bond donors (Lipinski definition) is 0. The Morgan fingerprint density at radius 1 is 0.818 bits per heavy atom. The monoisotopic (exact) mass is 316 g/mol. The van der Waals surface area contributed by atoms with Gasteiger partial charge in [0.15, 0.2) is 0 Å². The van der Waals surface area contributed by atoms with Crippen LogP contribution in [0.1, 0.15) is 72.1 Å². The summed E-state index contributed by atoms with van der Waals surface area (Å²) in [5, 5.41) is 0. The van der Waals surface area contributed by atoms with Crippen molar-refractivity contribution in [2.24, 2.45) is 5.92 Å². The van der Waals surface area contributed by atoms with E-state index in [0.717, 1.165) is 32.3 Å². The van der Waals surface area contributed by atoms with E-state index in [4.69, 9.17) is 14.2 Å². The van der Waals surface area contributed by atoms with Crippen LogP contribution in [0.25, 0.3) is 0 Å². The maximum atomic E-state index is 11.5. The van der Waals surface area contributed by atoms with E-state index in [0.29, 0.717) is 38.8 Å². The predicted octanol–water partition coefficient (Wildman–Crippen LogP) is 4.36. The molecule has 22 heavy (non-hydrogen) atoms. The third-order valence-electron chi connectivity index (χ3n) is 3.39. The second-order valence-electron chi connectivity index (χ2n) is 6.15. The molecule has 132 valence electrons. The molecule has 0 aromatic heterocycles. The van der Waals surface area contributed by atoms with Gasteiger partial charge in [-0.05, 0) is 25.2 Å². The summed E-state index contributed by atoms with van der Waals surface area (Å²) < 4.78 is 16.1. The minimum atomic E-state index is -0.104. The van der Waals surface area contributed by atoms with Crippen molar-refractivity contribution in [3.8, 4) is 0 Å². The molecule has 0 spiro atoms. The molecule has 0 N–H and O–H groups in total. The highest BCUT2D eigenvalue weighted by Gasteiger charge is 2.02. The van der Waals surface area contributed by atoms with E-state index >= 15 is 0 Å². The van der Waals surface area contributed by atoms with Crippen LogP contribution in [0.4, 0.5) is 0 Å². The van der Waals surface area contributed by atoms with Gasteiger partial charge in [0, 0.05) is 19.6 Å². The van der Waals surface area contributed by atoms with Crippen molar-refractivity contribution in [1.29, 1.82) is 0 Å². The van der Waals surface area contributed by atoms with E-state index in [9.17, 15) is 4.79 Å². The average Bonchev–Trinajstić information content (AvgIpc) is 2.48. The van der Waals surface area contributed by atoms with E-state index in [-0.39, 0.29) is 5.97 Å². The van der Waals surface area contributed by atoms with Crippen LogP contribution in [0, 0.1) is 5.92 Å². The molecular formula is C18H36O4. The van der Waals surface area contributed by atoms with Gasteiger partial charge in [-0.2, -0.15) is 0 Å². The Kier molecular flexibility index (Phi) is 16.3. The van der Waals surface area contributed by atoms with Gasteiger partial charge >= 0.3 is 5.97 Å². The fraction of sp³-hybridized carbons (Fsp3) is 0.944. The van der Waals surface area contributed by atoms with Gasteiger partial charge in [0.25, 0.3) is 0 Å². The first-order valence-corrected chi connectivity index (χ1v) is 8.98. The molecule has 0 unspecified atom stereocenters. The first kappa shape index (κ1) is 21.4. The van der Waals surface area contributed by atoms with Gasteiger partial charge in [0.1, 0.15) is 0 Å². The number of carbonyl (C=O) groups excluding carboxylic acids is 1. The lowest BCUT2D eigenvalue weighted by Gasteiger charge is -2.07. The zero-order valence-corrected chi connectivity index (χ0v) is 14.9. The molecule has 0 saturated carbocycles. The third-order valence-corrected chi connectivity index (χ3v) is 3.39. The molecule has 0 heterocycles. The smallest absolute Gasteiger partial charge is 0.305 e. The number of ether oxygens (including phenoxy) is 3. The van der Waals surface area contributed by atoms with Gasteiger partial charge in [0.05, 0.1) is 19.8 Å². The Labute approximate surface area is 136 Å². The van der Waals surface area contributed by atoms with Crippen molar-refractivity contribution < 1.29 is 19.0 Å². The molecule has 4 heteroatoms. The molecule has 0 aromatic rings. The van der Waals surface area contributed by atoms with Crippen molar-refractivity contribution in [1.82, 2.24) is 0 Å². The van der Waals surface area contributed by atoms with Crippen LogP contribution in [0.3, 0.4) is 0 Å². The lowest BCUT2D eigenvalue weighted by Crippen LogP contribution is -2.10. The standard InChI is InChI=1S/C18H36O4/c1-4-5-6-7-8-13-22-18(19)10-9-12-20-15-16-21-14-11-17(2)3/h17H,4-16H2,1-3H3. The maximum absolute atomic E-state index is 11.5. The fourth-order valence-corrected chi connectivity index (χ4v) is 1.92. The molecule has 4 nitrogen and oxygen atoms in total. The first-order chi connectivity index (χ1) is 10.7. The van der Waals surface area contributed by atoms with Gasteiger partial charge in [-0.3, -0.25) is 4.79 Å². The number of esters is 1.